The van der Waals surface area contributed by atoms with Crippen LogP contribution in [0.5, 0.6) is 0 Å². The maximum absolute atomic E-state index is 12.5. The van der Waals surface area contributed by atoms with Gasteiger partial charge in [-0.3, -0.25) is 4.18 Å². The minimum Gasteiger partial charge on any atom is -0.361 e. The summed E-state index contributed by atoms with van der Waals surface area (Å²) >= 11 is 0. The molecule has 1 heterocycles. The molecule has 3 rings (SSSR count). The number of aromatic nitrogens is 1. The summed E-state index contributed by atoms with van der Waals surface area (Å²) in [7, 11) is -3.78. The summed E-state index contributed by atoms with van der Waals surface area (Å²) in [6, 6.07) is 13.1. The molecule has 1 N–H and O–H groups in total. The maximum Gasteiger partial charge on any atom is 0.297 e. The standard InChI is InChI=1S/C18H19NO3S/c1-3-10-22-23(20,21)18-9-8-13(2)11-15(18)16-12-19-17-7-5-4-6-14(16)17/h4-9,11-12,19H,3,10H2,1-2H3. The van der Waals surface area contributed by atoms with Crippen molar-refractivity contribution in [2.45, 2.75) is 25.2 Å². The van der Waals surface area contributed by atoms with Gasteiger partial charge in [0.05, 0.1) is 6.61 Å². The third-order valence-corrected chi connectivity index (χ3v) is 5.10. The fourth-order valence-electron chi connectivity index (χ4n) is 2.62. The second kappa shape index (κ2) is 6.18. The highest BCUT2D eigenvalue weighted by Gasteiger charge is 2.21. The van der Waals surface area contributed by atoms with Gasteiger partial charge in [0.25, 0.3) is 10.1 Å². The van der Waals surface area contributed by atoms with E-state index in [1.165, 1.54) is 0 Å². The van der Waals surface area contributed by atoms with Crippen LogP contribution in [0.2, 0.25) is 0 Å². The van der Waals surface area contributed by atoms with Crippen molar-refractivity contribution >= 4 is 21.0 Å². The zero-order chi connectivity index (χ0) is 16.4. The fraction of sp³-hybridized carbons (Fsp3) is 0.222. The number of hydrogen-bond acceptors (Lipinski definition) is 3. The molecule has 3 aromatic rings. The van der Waals surface area contributed by atoms with Crippen LogP contribution >= 0.6 is 0 Å². The van der Waals surface area contributed by atoms with E-state index in [0.29, 0.717) is 12.0 Å². The number of fused-ring (bicyclic) bond motifs is 1. The third-order valence-electron chi connectivity index (χ3n) is 3.73. The molecule has 5 heteroatoms. The van der Waals surface area contributed by atoms with Gasteiger partial charge in [-0.2, -0.15) is 8.42 Å². The molecular formula is C18H19NO3S. The zero-order valence-electron chi connectivity index (χ0n) is 13.2. The summed E-state index contributed by atoms with van der Waals surface area (Å²) in [6.45, 7) is 4.01. The monoisotopic (exact) mass is 329 g/mol. The second-order valence-electron chi connectivity index (χ2n) is 5.52. The van der Waals surface area contributed by atoms with Gasteiger partial charge in [-0.1, -0.05) is 36.8 Å². The highest BCUT2D eigenvalue weighted by atomic mass is 32.2. The Hall–Kier alpha value is -2.11. The van der Waals surface area contributed by atoms with Crippen LogP contribution in [-0.4, -0.2) is 20.0 Å². The largest absolute Gasteiger partial charge is 0.361 e. The van der Waals surface area contributed by atoms with Gasteiger partial charge in [-0.15, -0.1) is 0 Å². The molecule has 1 aromatic heterocycles. The Morgan fingerprint density at radius 3 is 2.65 bits per heavy atom. The van der Waals surface area contributed by atoms with Crippen LogP contribution in [0.1, 0.15) is 18.9 Å². The number of nitrogens with one attached hydrogen (secondary N) is 1. The Bertz CT molecular complexity index is 942. The number of rotatable bonds is 5. The summed E-state index contributed by atoms with van der Waals surface area (Å²) in [5.74, 6) is 0. The van der Waals surface area contributed by atoms with Crippen LogP contribution in [0, 0.1) is 6.92 Å². The van der Waals surface area contributed by atoms with E-state index in [0.717, 1.165) is 22.0 Å². The van der Waals surface area contributed by atoms with E-state index in [4.69, 9.17) is 4.18 Å². The summed E-state index contributed by atoms with van der Waals surface area (Å²) in [6.07, 6.45) is 2.49. The number of aromatic amines is 1. The number of aryl methyl sites for hydroxylation is 1. The van der Waals surface area contributed by atoms with Crippen molar-refractivity contribution in [1.82, 2.24) is 4.98 Å². The highest BCUT2D eigenvalue weighted by molar-refractivity contribution is 7.87. The summed E-state index contributed by atoms with van der Waals surface area (Å²) in [5.41, 5.74) is 3.50. The average Bonchev–Trinajstić information content (AvgIpc) is 2.96. The molecule has 0 aliphatic heterocycles. The normalized spacial score (nSPS) is 11.9. The number of benzene rings is 2. The van der Waals surface area contributed by atoms with Crippen molar-refractivity contribution in [3.05, 3.63) is 54.2 Å². The Morgan fingerprint density at radius 2 is 1.87 bits per heavy atom. The van der Waals surface area contributed by atoms with Crippen molar-refractivity contribution in [1.29, 1.82) is 0 Å². The van der Waals surface area contributed by atoms with E-state index in [2.05, 4.69) is 4.98 Å². The van der Waals surface area contributed by atoms with Crippen LogP contribution in [0.3, 0.4) is 0 Å². The maximum atomic E-state index is 12.5. The lowest BCUT2D eigenvalue weighted by molar-refractivity contribution is 0.318. The lowest BCUT2D eigenvalue weighted by Crippen LogP contribution is -2.08. The fourth-order valence-corrected chi connectivity index (χ4v) is 3.81. The molecule has 0 spiro atoms. The Morgan fingerprint density at radius 1 is 1.09 bits per heavy atom. The molecule has 0 amide bonds. The first-order valence-electron chi connectivity index (χ1n) is 7.59. The molecule has 0 unspecified atom stereocenters. The van der Waals surface area contributed by atoms with Crippen molar-refractivity contribution in [3.8, 4) is 11.1 Å². The Labute approximate surface area is 136 Å². The summed E-state index contributed by atoms with van der Waals surface area (Å²) in [5, 5.41) is 0.991. The van der Waals surface area contributed by atoms with Gasteiger partial charge in [0.2, 0.25) is 0 Å². The second-order valence-corrected chi connectivity index (χ2v) is 7.11. The molecule has 0 saturated heterocycles. The minimum atomic E-state index is -3.78. The van der Waals surface area contributed by atoms with E-state index in [1.807, 2.05) is 50.4 Å². The lowest BCUT2D eigenvalue weighted by Gasteiger charge is -2.11. The van der Waals surface area contributed by atoms with E-state index in [1.54, 1.807) is 12.1 Å². The van der Waals surface area contributed by atoms with Crippen LogP contribution in [0.4, 0.5) is 0 Å². The molecule has 120 valence electrons. The van der Waals surface area contributed by atoms with Gasteiger partial charge in [-0.05, 0) is 31.5 Å². The first-order chi connectivity index (χ1) is 11.0. The number of H-pyrrole nitrogens is 1. The van der Waals surface area contributed by atoms with Gasteiger partial charge in [0, 0.05) is 28.2 Å². The third kappa shape index (κ3) is 3.02. The molecule has 0 bridgehead atoms. The molecule has 23 heavy (non-hydrogen) atoms. The van der Waals surface area contributed by atoms with Crippen LogP contribution in [0.15, 0.2) is 53.6 Å². The van der Waals surface area contributed by atoms with Crippen LogP contribution in [-0.2, 0) is 14.3 Å². The molecule has 0 radical (unpaired) electrons. The van der Waals surface area contributed by atoms with Crippen LogP contribution < -0.4 is 0 Å². The highest BCUT2D eigenvalue weighted by Crippen LogP contribution is 2.34. The Balaban J connectivity index is 2.21. The molecule has 0 aliphatic carbocycles. The molecule has 0 atom stereocenters. The minimum absolute atomic E-state index is 0.184. The first kappa shape index (κ1) is 15.8. The molecule has 0 aliphatic rings. The quantitative estimate of drug-likeness (QED) is 0.712. The molecule has 4 nitrogen and oxygen atoms in total. The molecule has 0 fully saturated rings. The summed E-state index contributed by atoms with van der Waals surface area (Å²) < 4.78 is 30.2. The van der Waals surface area contributed by atoms with Crippen LogP contribution in [0.25, 0.3) is 22.0 Å². The number of para-hydroxylation sites is 1. The average molecular weight is 329 g/mol. The summed E-state index contributed by atoms with van der Waals surface area (Å²) in [4.78, 5) is 3.40. The van der Waals surface area contributed by atoms with Gasteiger partial charge >= 0.3 is 0 Å². The van der Waals surface area contributed by atoms with Crippen molar-refractivity contribution in [2.24, 2.45) is 0 Å². The van der Waals surface area contributed by atoms with E-state index < -0.39 is 10.1 Å². The molecular weight excluding hydrogens is 310 g/mol. The smallest absolute Gasteiger partial charge is 0.297 e. The van der Waals surface area contributed by atoms with Crippen molar-refractivity contribution in [2.75, 3.05) is 6.61 Å². The van der Waals surface area contributed by atoms with Gasteiger partial charge < -0.3 is 4.98 Å². The SMILES string of the molecule is CCCOS(=O)(=O)c1ccc(C)cc1-c1c[nH]c2ccccc12. The lowest BCUT2D eigenvalue weighted by atomic mass is 10.0. The predicted octanol–water partition coefficient (Wildman–Crippen LogP) is 4.26. The van der Waals surface area contributed by atoms with Gasteiger partial charge in [0.15, 0.2) is 0 Å². The zero-order valence-corrected chi connectivity index (χ0v) is 14.0. The first-order valence-corrected chi connectivity index (χ1v) is 9.00. The molecule has 0 saturated carbocycles. The van der Waals surface area contributed by atoms with Crippen molar-refractivity contribution in [3.63, 3.8) is 0 Å². The van der Waals surface area contributed by atoms with E-state index in [9.17, 15) is 8.42 Å². The predicted molar refractivity (Wildman–Crippen MR) is 91.9 cm³/mol. The van der Waals surface area contributed by atoms with Crippen molar-refractivity contribution < 1.29 is 12.6 Å². The topological polar surface area (TPSA) is 59.2 Å². The van der Waals surface area contributed by atoms with Gasteiger partial charge in [0.1, 0.15) is 4.90 Å². The number of hydrogen-bond donors (Lipinski definition) is 1. The van der Waals surface area contributed by atoms with E-state index >= 15 is 0 Å². The van der Waals surface area contributed by atoms with E-state index in [-0.39, 0.29) is 11.5 Å². The van der Waals surface area contributed by atoms with Gasteiger partial charge in [-0.25, -0.2) is 0 Å². The Kier molecular flexibility index (Phi) is 4.24. The molecule has 2 aromatic carbocycles.